The number of phenolic OH excluding ortho intramolecular Hbond substituents is 1. The number of nitrogens with one attached hydrogen (secondary N) is 1. The molecule has 4 nitrogen and oxygen atoms in total. The van der Waals surface area contributed by atoms with Crippen molar-refractivity contribution in [1.29, 1.82) is 0 Å². The van der Waals surface area contributed by atoms with Crippen molar-refractivity contribution in [2.75, 3.05) is 33.3 Å². The van der Waals surface area contributed by atoms with Crippen LogP contribution in [0.3, 0.4) is 0 Å². The second-order valence-corrected chi connectivity index (χ2v) is 5.61. The fourth-order valence-corrected chi connectivity index (χ4v) is 2.79. The third-order valence-corrected chi connectivity index (χ3v) is 4.23. The minimum Gasteiger partial charge on any atom is -0.504 e. The van der Waals surface area contributed by atoms with Crippen molar-refractivity contribution in [3.8, 4) is 11.5 Å². The molecule has 2 atom stereocenters. The number of phenols is 1. The summed E-state index contributed by atoms with van der Waals surface area (Å²) in [5.74, 6) is 1.48. The molecule has 20 heavy (non-hydrogen) atoms. The van der Waals surface area contributed by atoms with Gasteiger partial charge in [0, 0.05) is 12.6 Å². The topological polar surface area (TPSA) is 44.7 Å². The molecule has 2 unspecified atom stereocenters. The van der Waals surface area contributed by atoms with E-state index in [2.05, 4.69) is 24.1 Å². The van der Waals surface area contributed by atoms with Crippen molar-refractivity contribution in [2.45, 2.75) is 26.3 Å². The normalized spacial score (nSPS) is 21.1. The van der Waals surface area contributed by atoms with Crippen LogP contribution in [0.1, 0.15) is 31.9 Å². The first-order valence-electron chi connectivity index (χ1n) is 7.46. The van der Waals surface area contributed by atoms with E-state index in [0.29, 0.717) is 5.75 Å². The predicted octanol–water partition coefficient (Wildman–Crippen LogP) is 2.39. The SMILES string of the molecule is CCN1CCC(CNC(C)c2ccc(O)c(OC)c2)C1. The second-order valence-electron chi connectivity index (χ2n) is 5.61. The van der Waals surface area contributed by atoms with Crippen LogP contribution in [0, 0.1) is 5.92 Å². The van der Waals surface area contributed by atoms with Gasteiger partial charge in [-0.1, -0.05) is 13.0 Å². The Kier molecular flexibility index (Phi) is 5.26. The Labute approximate surface area is 121 Å². The van der Waals surface area contributed by atoms with Crippen LogP contribution in [-0.2, 0) is 0 Å². The van der Waals surface area contributed by atoms with Gasteiger partial charge in [-0.05, 0) is 56.6 Å². The Hall–Kier alpha value is -1.26. The Morgan fingerprint density at radius 3 is 2.95 bits per heavy atom. The van der Waals surface area contributed by atoms with E-state index in [4.69, 9.17) is 4.74 Å². The van der Waals surface area contributed by atoms with Gasteiger partial charge in [-0.2, -0.15) is 0 Å². The number of hydrogen-bond acceptors (Lipinski definition) is 4. The van der Waals surface area contributed by atoms with Crippen LogP contribution < -0.4 is 10.1 Å². The van der Waals surface area contributed by atoms with E-state index in [0.717, 1.165) is 24.6 Å². The quantitative estimate of drug-likeness (QED) is 0.838. The molecule has 2 N–H and O–H groups in total. The third kappa shape index (κ3) is 3.64. The molecule has 1 aliphatic heterocycles. The molecule has 0 radical (unpaired) electrons. The number of rotatable bonds is 6. The van der Waals surface area contributed by atoms with E-state index in [-0.39, 0.29) is 11.8 Å². The van der Waals surface area contributed by atoms with Crippen LogP contribution in [0.2, 0.25) is 0 Å². The minimum atomic E-state index is 0.192. The molecule has 1 fully saturated rings. The van der Waals surface area contributed by atoms with Crippen molar-refractivity contribution in [2.24, 2.45) is 5.92 Å². The van der Waals surface area contributed by atoms with Crippen molar-refractivity contribution >= 4 is 0 Å². The minimum absolute atomic E-state index is 0.192. The fraction of sp³-hybridized carbons (Fsp3) is 0.625. The summed E-state index contributed by atoms with van der Waals surface area (Å²) in [6.07, 6.45) is 1.28. The van der Waals surface area contributed by atoms with Gasteiger partial charge in [-0.25, -0.2) is 0 Å². The van der Waals surface area contributed by atoms with E-state index >= 15 is 0 Å². The zero-order chi connectivity index (χ0) is 14.5. The molecule has 0 aromatic heterocycles. The lowest BCUT2D eigenvalue weighted by molar-refractivity contribution is 0.336. The Bertz CT molecular complexity index is 436. The first kappa shape index (κ1) is 15.1. The molecule has 1 aliphatic rings. The molecule has 1 aromatic rings. The van der Waals surface area contributed by atoms with Gasteiger partial charge >= 0.3 is 0 Å². The van der Waals surface area contributed by atoms with Crippen molar-refractivity contribution < 1.29 is 9.84 Å². The fourth-order valence-electron chi connectivity index (χ4n) is 2.79. The second kappa shape index (κ2) is 6.95. The summed E-state index contributed by atoms with van der Waals surface area (Å²) < 4.78 is 5.16. The van der Waals surface area contributed by atoms with Gasteiger partial charge in [0.1, 0.15) is 0 Å². The van der Waals surface area contributed by atoms with Gasteiger partial charge in [-0.3, -0.25) is 0 Å². The van der Waals surface area contributed by atoms with E-state index in [1.165, 1.54) is 19.5 Å². The molecule has 0 aliphatic carbocycles. The maximum atomic E-state index is 9.62. The number of ether oxygens (including phenoxy) is 1. The number of hydrogen-bond donors (Lipinski definition) is 2. The molecule has 4 heteroatoms. The maximum absolute atomic E-state index is 9.62. The standard InChI is InChI=1S/C16H26N2O2/c1-4-18-8-7-13(11-18)10-17-12(2)14-5-6-15(19)16(9-14)20-3/h5-6,9,12-13,17,19H,4,7-8,10-11H2,1-3H3. The van der Waals surface area contributed by atoms with E-state index in [1.54, 1.807) is 13.2 Å². The molecule has 0 bridgehead atoms. The molecule has 1 saturated heterocycles. The van der Waals surface area contributed by atoms with Gasteiger partial charge in [0.25, 0.3) is 0 Å². The van der Waals surface area contributed by atoms with Crippen molar-refractivity contribution in [3.05, 3.63) is 23.8 Å². The molecule has 112 valence electrons. The van der Waals surface area contributed by atoms with Crippen molar-refractivity contribution in [3.63, 3.8) is 0 Å². The van der Waals surface area contributed by atoms with Crippen LogP contribution in [0.25, 0.3) is 0 Å². The summed E-state index contributed by atoms with van der Waals surface area (Å²) in [6, 6.07) is 5.81. The largest absolute Gasteiger partial charge is 0.504 e. The monoisotopic (exact) mass is 278 g/mol. The summed E-state index contributed by atoms with van der Waals surface area (Å²) in [7, 11) is 1.58. The Morgan fingerprint density at radius 1 is 1.50 bits per heavy atom. The predicted molar refractivity (Wildman–Crippen MR) is 81.3 cm³/mol. The number of nitrogens with zero attached hydrogens (tertiary/aromatic N) is 1. The van der Waals surface area contributed by atoms with Gasteiger partial charge in [0.05, 0.1) is 7.11 Å². The lowest BCUT2D eigenvalue weighted by Gasteiger charge is -2.19. The number of benzene rings is 1. The molecule has 0 spiro atoms. The molecular weight excluding hydrogens is 252 g/mol. The van der Waals surface area contributed by atoms with Crippen LogP contribution in [0.5, 0.6) is 11.5 Å². The number of likely N-dealkylation sites (tertiary alicyclic amines) is 1. The first-order chi connectivity index (χ1) is 9.63. The van der Waals surface area contributed by atoms with Gasteiger partial charge in [-0.15, -0.1) is 0 Å². The molecular formula is C16H26N2O2. The van der Waals surface area contributed by atoms with Crippen LogP contribution >= 0.6 is 0 Å². The highest BCUT2D eigenvalue weighted by molar-refractivity contribution is 5.42. The van der Waals surface area contributed by atoms with Crippen LogP contribution in [0.15, 0.2) is 18.2 Å². The highest BCUT2D eigenvalue weighted by Gasteiger charge is 2.21. The molecule has 0 saturated carbocycles. The van der Waals surface area contributed by atoms with Gasteiger partial charge in [0.2, 0.25) is 0 Å². The Balaban J connectivity index is 1.87. The number of methoxy groups -OCH3 is 1. The van der Waals surface area contributed by atoms with Crippen molar-refractivity contribution in [1.82, 2.24) is 10.2 Å². The summed E-state index contributed by atoms with van der Waals surface area (Å²) in [5.41, 5.74) is 1.14. The molecule has 2 rings (SSSR count). The maximum Gasteiger partial charge on any atom is 0.160 e. The third-order valence-electron chi connectivity index (χ3n) is 4.23. The van der Waals surface area contributed by atoms with Gasteiger partial charge in [0.15, 0.2) is 11.5 Å². The average molecular weight is 278 g/mol. The molecule has 1 heterocycles. The van der Waals surface area contributed by atoms with Crippen LogP contribution in [0.4, 0.5) is 0 Å². The number of aromatic hydroxyl groups is 1. The molecule has 1 aromatic carbocycles. The van der Waals surface area contributed by atoms with Gasteiger partial charge < -0.3 is 20.1 Å². The lowest BCUT2D eigenvalue weighted by Crippen LogP contribution is -2.28. The smallest absolute Gasteiger partial charge is 0.160 e. The van der Waals surface area contributed by atoms with E-state index in [9.17, 15) is 5.11 Å². The molecule has 0 amide bonds. The average Bonchev–Trinajstić information content (AvgIpc) is 2.93. The lowest BCUT2D eigenvalue weighted by atomic mass is 10.1. The van der Waals surface area contributed by atoms with E-state index in [1.807, 2.05) is 12.1 Å². The Morgan fingerprint density at radius 2 is 2.30 bits per heavy atom. The highest BCUT2D eigenvalue weighted by Crippen LogP contribution is 2.29. The summed E-state index contributed by atoms with van der Waals surface area (Å²) in [6.45, 7) is 9.00. The van der Waals surface area contributed by atoms with Crippen LogP contribution in [-0.4, -0.2) is 43.3 Å². The summed E-state index contributed by atoms with van der Waals surface area (Å²) >= 11 is 0. The zero-order valence-corrected chi connectivity index (χ0v) is 12.7. The summed E-state index contributed by atoms with van der Waals surface area (Å²) in [5, 5.41) is 13.2. The zero-order valence-electron chi connectivity index (χ0n) is 12.7. The summed E-state index contributed by atoms with van der Waals surface area (Å²) in [4.78, 5) is 2.50. The highest BCUT2D eigenvalue weighted by atomic mass is 16.5. The van der Waals surface area contributed by atoms with E-state index < -0.39 is 0 Å². The first-order valence-corrected chi connectivity index (χ1v) is 7.46.